The van der Waals surface area contributed by atoms with E-state index in [2.05, 4.69) is 175 Å². The average molecular weight is 1110 g/mol. The number of nitrogens with zero attached hydrogens (tertiary/aromatic N) is 6. The number of nitrogen functional groups attached to an aromatic ring is 1. The summed E-state index contributed by atoms with van der Waals surface area (Å²) in [7, 11) is 5.84. The van der Waals surface area contributed by atoms with E-state index in [0.29, 0.717) is 17.1 Å². The number of carbonyl (C=O) groups excluding carboxylic acids is 2. The molecule has 0 atom stereocenters. The Kier molecular flexibility index (Phi) is 18.2. The highest BCUT2D eigenvalue weighted by Gasteiger charge is 2.51. The zero-order valence-corrected chi connectivity index (χ0v) is 47.8. The number of nitrogens with one attached hydrogen (secondary N) is 2. The number of hydrogen-bond donors (Lipinski definition) is 3. The van der Waals surface area contributed by atoms with Crippen LogP contribution in [0.15, 0.2) is 151 Å². The van der Waals surface area contributed by atoms with Crippen LogP contribution < -0.4 is 21.8 Å². The summed E-state index contributed by atoms with van der Waals surface area (Å²) >= 11 is 3.26. The number of fused-ring (bicyclic) bond motifs is 3. The molecule has 18 heteroatoms. The fourth-order valence-corrected chi connectivity index (χ4v) is 8.32. The summed E-state index contributed by atoms with van der Waals surface area (Å²) in [6.07, 6.45) is 15.3. The van der Waals surface area contributed by atoms with Gasteiger partial charge in [-0.15, -0.1) is 12.4 Å². The molecule has 4 N–H and O–H groups in total. The maximum absolute atomic E-state index is 11.9. The number of hydrogen-bond acceptors (Lipinski definition) is 10. The van der Waals surface area contributed by atoms with Crippen LogP contribution in [0.2, 0.25) is 0 Å². The van der Waals surface area contributed by atoms with Gasteiger partial charge in [-0.05, 0) is 174 Å². The van der Waals surface area contributed by atoms with Gasteiger partial charge in [0.1, 0.15) is 11.2 Å². The third-order valence-corrected chi connectivity index (χ3v) is 12.8. The Morgan fingerprint density at radius 2 is 0.961 bits per heavy atom. The Balaban J connectivity index is 0.000000166. The van der Waals surface area contributed by atoms with Gasteiger partial charge in [0.25, 0.3) is 0 Å². The number of pyridine rings is 3. The second kappa shape index (κ2) is 23.8. The van der Waals surface area contributed by atoms with Crippen LogP contribution in [0.25, 0.3) is 55.0 Å². The van der Waals surface area contributed by atoms with Crippen LogP contribution in [-0.2, 0) is 39.9 Å². The lowest BCUT2D eigenvalue weighted by Gasteiger charge is -2.32. The van der Waals surface area contributed by atoms with E-state index in [1.165, 1.54) is 32.7 Å². The van der Waals surface area contributed by atoms with Crippen LogP contribution in [0.3, 0.4) is 0 Å². The van der Waals surface area contributed by atoms with Crippen LogP contribution in [0.4, 0.5) is 26.7 Å². The third kappa shape index (κ3) is 15.2. The van der Waals surface area contributed by atoms with Crippen molar-refractivity contribution in [1.29, 1.82) is 0 Å². The quantitative estimate of drug-likeness (QED) is 0.141. The maximum Gasteiger partial charge on any atom is 0.494 e. The second-order valence-electron chi connectivity index (χ2n) is 21.3. The van der Waals surface area contributed by atoms with Crippen LogP contribution >= 0.6 is 28.3 Å². The highest BCUT2D eigenvalue weighted by Crippen LogP contribution is 2.37. The molecule has 398 valence electrons. The summed E-state index contributed by atoms with van der Waals surface area (Å²) in [4.78, 5) is 35.5. The number of benzene rings is 3. The predicted molar refractivity (Wildman–Crippen MR) is 314 cm³/mol. The van der Waals surface area contributed by atoms with Crippen molar-refractivity contribution < 1.29 is 28.4 Å². The molecular weight excluding hydrogens is 1040 g/mol. The number of anilines is 3. The van der Waals surface area contributed by atoms with Gasteiger partial charge in [-0.25, -0.2) is 9.59 Å². The molecule has 0 radical (unpaired) electrons. The van der Waals surface area contributed by atoms with Crippen molar-refractivity contribution in [1.82, 2.24) is 28.7 Å². The fourth-order valence-electron chi connectivity index (χ4n) is 7.95. The zero-order valence-electron chi connectivity index (χ0n) is 45.4. The van der Waals surface area contributed by atoms with Crippen molar-refractivity contribution in [3.8, 4) is 22.3 Å². The lowest BCUT2D eigenvalue weighted by molar-refractivity contribution is 0.00578. The summed E-state index contributed by atoms with van der Waals surface area (Å²) in [6.45, 7) is 19.2. The molecule has 7 heterocycles. The van der Waals surface area contributed by atoms with Crippen LogP contribution in [0.1, 0.15) is 69.2 Å². The molecule has 0 unspecified atom stereocenters. The maximum atomic E-state index is 11.9. The van der Waals surface area contributed by atoms with Gasteiger partial charge in [-0.1, -0.05) is 24.3 Å². The zero-order chi connectivity index (χ0) is 54.5. The standard InChI is InChI=1S/C19H21N3O2.C15H20BNO2.C14H13N3.C10H13BrN2O2.ClH/c1-19(2,3)24-18(23)21-16-10-15(11-20-12-16)13-5-6-17-14(9-13)7-8-22(17)4;1-14(2)15(3,4)19-16(18-14)12-6-7-13-11(10-12)8-9-17(13)5;1-17-5-4-11-6-10(2-3-14(11)17)12-7-13(15)9-16-8-12;1-10(2,3)15-9(14)13-8-4-7(11)5-12-6-8;/h5-12H,1-4H3,(H,21,23);6-10H,1-5H3;2-9H,15H2,1H3;4-6H,1-3H3,(H,13,14);1H. The Morgan fingerprint density at radius 1 is 0.553 bits per heavy atom. The molecule has 9 aromatic rings. The first-order chi connectivity index (χ1) is 35.2. The van der Waals surface area contributed by atoms with Crippen LogP contribution in [0.5, 0.6) is 0 Å². The van der Waals surface area contributed by atoms with Crippen LogP contribution in [0, 0.1) is 0 Å². The largest absolute Gasteiger partial charge is 0.494 e. The minimum Gasteiger partial charge on any atom is -0.444 e. The molecule has 1 fully saturated rings. The van der Waals surface area contributed by atoms with Crippen molar-refractivity contribution in [3.63, 3.8) is 0 Å². The summed E-state index contributed by atoms with van der Waals surface area (Å²) in [5.74, 6) is 0. The minimum atomic E-state index is -0.534. The topological polar surface area (TPSA) is 175 Å². The molecule has 76 heavy (non-hydrogen) atoms. The number of aromatic nitrogens is 6. The van der Waals surface area contributed by atoms with E-state index in [4.69, 9.17) is 24.5 Å². The van der Waals surface area contributed by atoms with Gasteiger partial charge in [-0.3, -0.25) is 25.6 Å². The van der Waals surface area contributed by atoms with E-state index in [0.717, 1.165) is 32.2 Å². The van der Waals surface area contributed by atoms with Gasteiger partial charge in [0.15, 0.2) is 0 Å². The van der Waals surface area contributed by atoms with Crippen LogP contribution in [-0.4, -0.2) is 70.4 Å². The van der Waals surface area contributed by atoms with Gasteiger partial charge in [-0.2, -0.15) is 0 Å². The molecule has 6 aromatic heterocycles. The number of halogens is 2. The van der Waals surface area contributed by atoms with Gasteiger partial charge in [0.05, 0.1) is 40.7 Å². The summed E-state index contributed by atoms with van der Waals surface area (Å²) in [6, 6.07) is 30.9. The number of rotatable bonds is 5. The molecular formula is C58H68BBrClN9O6. The lowest BCUT2D eigenvalue weighted by Crippen LogP contribution is -2.41. The van der Waals surface area contributed by atoms with Gasteiger partial charge in [0, 0.05) is 107 Å². The number of ether oxygens (including phenoxy) is 2. The van der Waals surface area contributed by atoms with Crippen molar-refractivity contribution in [3.05, 3.63) is 151 Å². The first-order valence-corrected chi connectivity index (χ1v) is 25.3. The van der Waals surface area contributed by atoms with Gasteiger partial charge >= 0.3 is 19.3 Å². The van der Waals surface area contributed by atoms with Crippen molar-refractivity contribution in [2.75, 3.05) is 16.4 Å². The number of aryl methyl sites for hydroxylation is 3. The summed E-state index contributed by atoms with van der Waals surface area (Å²) in [5.41, 5.74) is 14.9. The van der Waals surface area contributed by atoms with E-state index in [1.54, 1.807) is 37.1 Å². The monoisotopic (exact) mass is 1110 g/mol. The molecule has 2 amide bonds. The Morgan fingerprint density at radius 3 is 1.41 bits per heavy atom. The molecule has 1 aliphatic rings. The molecule has 0 spiro atoms. The van der Waals surface area contributed by atoms with E-state index in [9.17, 15) is 9.59 Å². The summed E-state index contributed by atoms with van der Waals surface area (Å²) < 4.78 is 29.6. The molecule has 1 aliphatic heterocycles. The lowest BCUT2D eigenvalue weighted by atomic mass is 9.79. The predicted octanol–water partition coefficient (Wildman–Crippen LogP) is 13.5. The van der Waals surface area contributed by atoms with E-state index < -0.39 is 23.4 Å². The number of amides is 2. The van der Waals surface area contributed by atoms with Crippen molar-refractivity contribution >= 4 is 103 Å². The number of nitrogens with two attached hydrogens (primary N) is 1. The minimum absolute atomic E-state index is 0. The van der Waals surface area contributed by atoms with Crippen molar-refractivity contribution in [2.24, 2.45) is 21.1 Å². The molecule has 10 rings (SSSR count). The molecule has 0 aliphatic carbocycles. The second-order valence-corrected chi connectivity index (χ2v) is 22.3. The fraction of sp³-hybridized carbons (Fsp3) is 0.293. The molecule has 15 nitrogen and oxygen atoms in total. The summed E-state index contributed by atoms with van der Waals surface area (Å²) in [5, 5.41) is 8.92. The van der Waals surface area contributed by atoms with Crippen molar-refractivity contribution in [2.45, 2.75) is 91.6 Å². The first kappa shape index (κ1) is 58.1. The Hall–Kier alpha value is -7.18. The van der Waals surface area contributed by atoms with E-state index in [1.807, 2.05) is 80.2 Å². The molecule has 3 aromatic carbocycles. The normalized spacial score (nSPS) is 13.5. The highest BCUT2D eigenvalue weighted by atomic mass is 79.9. The average Bonchev–Trinajstić information content (AvgIpc) is 4.07. The molecule has 0 bridgehead atoms. The van der Waals surface area contributed by atoms with E-state index >= 15 is 0 Å². The molecule has 0 saturated carbocycles. The SMILES string of the molecule is CC(C)(C)OC(=O)Nc1cncc(Br)c1.Cl.Cn1ccc2cc(-c3cncc(N)c3)ccc21.Cn1ccc2cc(-c3cncc(NC(=O)OC(C)(C)C)c3)ccc21.Cn1ccc2cc(B3OC(C)(C)C(C)(C)O3)ccc21. The van der Waals surface area contributed by atoms with Gasteiger partial charge < -0.3 is 38.2 Å². The highest BCUT2D eigenvalue weighted by molar-refractivity contribution is 9.10. The Labute approximate surface area is 460 Å². The Bertz CT molecular complexity index is 3450. The third-order valence-electron chi connectivity index (χ3n) is 12.4. The molecule has 1 saturated heterocycles. The van der Waals surface area contributed by atoms with E-state index in [-0.39, 0.29) is 30.7 Å². The van der Waals surface area contributed by atoms with Gasteiger partial charge in [0.2, 0.25) is 0 Å². The smallest absolute Gasteiger partial charge is 0.444 e. The first-order valence-electron chi connectivity index (χ1n) is 24.5. The number of carbonyl (C=O) groups is 2.